The molecular formula is C17H20ClN3. The smallest absolute Gasteiger partial charge is 0.132 e. The minimum absolute atomic E-state index is 0.0494. The minimum atomic E-state index is 0.0494. The topological polar surface area (TPSA) is 51.8 Å². The Morgan fingerprint density at radius 3 is 2.71 bits per heavy atom. The summed E-state index contributed by atoms with van der Waals surface area (Å²) < 4.78 is 0. The first-order valence-corrected chi connectivity index (χ1v) is 7.65. The van der Waals surface area contributed by atoms with Crippen molar-refractivity contribution >= 4 is 11.6 Å². The summed E-state index contributed by atoms with van der Waals surface area (Å²) in [7, 11) is 0. The van der Waals surface area contributed by atoms with Gasteiger partial charge in [0.15, 0.2) is 0 Å². The van der Waals surface area contributed by atoms with Crippen molar-refractivity contribution in [3.05, 3.63) is 58.1 Å². The van der Waals surface area contributed by atoms with Crippen molar-refractivity contribution in [2.75, 3.05) is 0 Å². The van der Waals surface area contributed by atoms with Gasteiger partial charge in [-0.15, -0.1) is 0 Å². The minimum Gasteiger partial charge on any atom is -0.324 e. The van der Waals surface area contributed by atoms with Gasteiger partial charge >= 0.3 is 0 Å². The van der Waals surface area contributed by atoms with Gasteiger partial charge in [0.05, 0.1) is 0 Å². The monoisotopic (exact) mass is 301 g/mol. The highest BCUT2D eigenvalue weighted by Gasteiger charge is 2.31. The Bertz CT molecular complexity index is 650. The van der Waals surface area contributed by atoms with Crippen LogP contribution in [0.4, 0.5) is 0 Å². The van der Waals surface area contributed by atoms with Crippen molar-refractivity contribution in [2.45, 2.75) is 39.2 Å². The van der Waals surface area contributed by atoms with E-state index in [1.165, 1.54) is 5.56 Å². The molecule has 0 aliphatic heterocycles. The van der Waals surface area contributed by atoms with Gasteiger partial charge in [-0.1, -0.05) is 37.6 Å². The summed E-state index contributed by atoms with van der Waals surface area (Å²) in [5.41, 5.74) is 9.83. The molecule has 2 N–H and O–H groups in total. The van der Waals surface area contributed by atoms with Crippen LogP contribution in [-0.2, 0) is 12.8 Å². The van der Waals surface area contributed by atoms with Crippen molar-refractivity contribution in [3.63, 3.8) is 0 Å². The Morgan fingerprint density at radius 1 is 1.29 bits per heavy atom. The van der Waals surface area contributed by atoms with Gasteiger partial charge < -0.3 is 5.73 Å². The number of rotatable bonds is 2. The molecule has 0 fully saturated rings. The number of nitrogens with two attached hydrogens (primary N) is 1. The van der Waals surface area contributed by atoms with E-state index in [1.54, 1.807) is 0 Å². The van der Waals surface area contributed by atoms with E-state index in [-0.39, 0.29) is 11.5 Å². The van der Waals surface area contributed by atoms with Gasteiger partial charge in [0.25, 0.3) is 0 Å². The van der Waals surface area contributed by atoms with Crippen LogP contribution >= 0.6 is 11.6 Å². The lowest BCUT2D eigenvalue weighted by molar-refractivity contribution is 0.277. The average Bonchev–Trinajstić information content (AvgIpc) is 2.39. The van der Waals surface area contributed by atoms with Crippen LogP contribution in [0.25, 0.3) is 0 Å². The van der Waals surface area contributed by atoms with Gasteiger partial charge in [-0.2, -0.15) is 0 Å². The summed E-state index contributed by atoms with van der Waals surface area (Å²) in [6.07, 6.45) is 4.58. The average molecular weight is 302 g/mol. The highest BCUT2D eigenvalue weighted by Crippen LogP contribution is 2.38. The second-order valence-electron chi connectivity index (χ2n) is 6.64. The van der Waals surface area contributed by atoms with Crippen LogP contribution in [-0.4, -0.2) is 9.97 Å². The first-order chi connectivity index (χ1) is 9.93. The van der Waals surface area contributed by atoms with Gasteiger partial charge in [-0.25, -0.2) is 9.97 Å². The third kappa shape index (κ3) is 3.25. The van der Waals surface area contributed by atoms with E-state index in [1.807, 2.05) is 30.5 Å². The quantitative estimate of drug-likeness (QED) is 0.920. The molecule has 0 amide bonds. The molecule has 1 aromatic carbocycles. The van der Waals surface area contributed by atoms with Crippen LogP contribution in [0.2, 0.25) is 5.02 Å². The predicted molar refractivity (Wildman–Crippen MR) is 85.3 cm³/mol. The Hall–Kier alpha value is -1.45. The first-order valence-electron chi connectivity index (χ1n) is 7.28. The van der Waals surface area contributed by atoms with Crippen LogP contribution in [0.3, 0.4) is 0 Å². The third-order valence-electron chi connectivity index (χ3n) is 4.04. The second-order valence-corrected chi connectivity index (χ2v) is 7.08. The molecule has 21 heavy (non-hydrogen) atoms. The van der Waals surface area contributed by atoms with Crippen LogP contribution in [0.15, 0.2) is 30.5 Å². The summed E-state index contributed by atoms with van der Waals surface area (Å²) in [4.78, 5) is 9.24. The Balaban J connectivity index is 1.87. The van der Waals surface area contributed by atoms with Crippen molar-refractivity contribution < 1.29 is 0 Å². The van der Waals surface area contributed by atoms with E-state index < -0.39 is 0 Å². The van der Waals surface area contributed by atoms with Crippen molar-refractivity contribution in [1.82, 2.24) is 9.97 Å². The van der Waals surface area contributed by atoms with Gasteiger partial charge in [-0.3, -0.25) is 0 Å². The molecule has 1 aliphatic rings. The summed E-state index contributed by atoms with van der Waals surface area (Å²) in [6.45, 7) is 4.49. The standard InChI is InChI=1S/C17H20ClN3/c1-17(2)8-14(19)13-10-20-16(21-15(13)9-17)7-11-3-5-12(18)6-4-11/h3-6,10,14H,7-9,19H2,1-2H3. The van der Waals surface area contributed by atoms with E-state index in [0.29, 0.717) is 0 Å². The number of nitrogens with zero attached hydrogens (tertiary/aromatic N) is 2. The molecule has 110 valence electrons. The Morgan fingerprint density at radius 2 is 2.00 bits per heavy atom. The number of halogens is 1. The van der Waals surface area contributed by atoms with Gasteiger partial charge in [0.1, 0.15) is 5.82 Å². The zero-order valence-corrected chi connectivity index (χ0v) is 13.2. The zero-order valence-electron chi connectivity index (χ0n) is 12.4. The lowest BCUT2D eigenvalue weighted by Gasteiger charge is -2.34. The summed E-state index contributed by atoms with van der Waals surface area (Å²) in [5, 5.41) is 0.748. The SMILES string of the molecule is CC1(C)Cc2nc(Cc3ccc(Cl)cc3)ncc2C(N)C1. The summed E-state index contributed by atoms with van der Waals surface area (Å²) >= 11 is 5.91. The fourth-order valence-electron chi connectivity index (χ4n) is 3.02. The molecule has 4 heteroatoms. The number of benzene rings is 1. The first kappa shape index (κ1) is 14.5. The highest BCUT2D eigenvalue weighted by atomic mass is 35.5. The second kappa shape index (κ2) is 5.39. The van der Waals surface area contributed by atoms with Crippen LogP contribution in [0.1, 0.15) is 49.0 Å². The maximum Gasteiger partial charge on any atom is 0.132 e. The molecule has 1 aliphatic carbocycles. The molecule has 0 spiro atoms. The van der Waals surface area contributed by atoms with Crippen molar-refractivity contribution in [1.29, 1.82) is 0 Å². The Labute approximate surface area is 130 Å². The van der Waals surface area contributed by atoms with E-state index in [2.05, 4.69) is 18.8 Å². The van der Waals surface area contributed by atoms with E-state index in [9.17, 15) is 0 Å². The molecule has 1 atom stereocenters. The van der Waals surface area contributed by atoms with Crippen LogP contribution < -0.4 is 5.73 Å². The molecule has 3 nitrogen and oxygen atoms in total. The molecule has 0 bridgehead atoms. The summed E-state index contributed by atoms with van der Waals surface area (Å²) in [5.74, 6) is 0.848. The molecule has 1 unspecified atom stereocenters. The molecule has 2 aromatic rings. The number of hydrogen-bond acceptors (Lipinski definition) is 3. The molecule has 0 radical (unpaired) electrons. The van der Waals surface area contributed by atoms with Gasteiger partial charge in [-0.05, 0) is 36.0 Å². The Kier molecular flexibility index (Phi) is 3.72. The highest BCUT2D eigenvalue weighted by molar-refractivity contribution is 6.30. The predicted octanol–water partition coefficient (Wildman–Crippen LogP) is 3.69. The molecule has 1 heterocycles. The fraction of sp³-hybridized carbons (Fsp3) is 0.412. The lowest BCUT2D eigenvalue weighted by atomic mass is 9.74. The van der Waals surface area contributed by atoms with E-state index in [0.717, 1.165) is 41.4 Å². The largest absolute Gasteiger partial charge is 0.324 e. The normalized spacial score (nSPS) is 20.1. The maximum absolute atomic E-state index is 6.25. The molecule has 0 saturated heterocycles. The van der Waals surface area contributed by atoms with E-state index in [4.69, 9.17) is 22.3 Å². The summed E-state index contributed by atoms with van der Waals surface area (Å²) in [6, 6.07) is 7.87. The molecule has 0 saturated carbocycles. The number of hydrogen-bond donors (Lipinski definition) is 1. The number of aromatic nitrogens is 2. The van der Waals surface area contributed by atoms with Crippen molar-refractivity contribution in [2.24, 2.45) is 11.1 Å². The van der Waals surface area contributed by atoms with Crippen LogP contribution in [0.5, 0.6) is 0 Å². The van der Waals surface area contributed by atoms with Crippen molar-refractivity contribution in [3.8, 4) is 0 Å². The molecule has 1 aromatic heterocycles. The van der Waals surface area contributed by atoms with Crippen LogP contribution in [0, 0.1) is 5.41 Å². The fourth-order valence-corrected chi connectivity index (χ4v) is 3.15. The van der Waals surface area contributed by atoms with E-state index >= 15 is 0 Å². The molecule has 3 rings (SSSR count). The third-order valence-corrected chi connectivity index (χ3v) is 4.30. The lowest BCUT2D eigenvalue weighted by Crippen LogP contribution is -2.31. The zero-order chi connectivity index (χ0) is 15.0. The van der Waals surface area contributed by atoms with Gasteiger partial charge in [0, 0.05) is 34.9 Å². The molecular weight excluding hydrogens is 282 g/mol. The maximum atomic E-state index is 6.25. The van der Waals surface area contributed by atoms with Gasteiger partial charge in [0.2, 0.25) is 0 Å². The number of fused-ring (bicyclic) bond motifs is 1.